The third-order valence-corrected chi connectivity index (χ3v) is 4.81. The van der Waals surface area contributed by atoms with Crippen molar-refractivity contribution >= 4 is 6.03 Å². The first-order valence-corrected chi connectivity index (χ1v) is 8.07. The third kappa shape index (κ3) is 3.09. The Morgan fingerprint density at radius 1 is 1.39 bits per heavy atom. The van der Waals surface area contributed by atoms with Crippen molar-refractivity contribution in [1.29, 1.82) is 0 Å². The molecular weight excluding hydrogens is 288 g/mol. The van der Waals surface area contributed by atoms with Crippen LogP contribution in [-0.4, -0.2) is 15.8 Å². The highest BCUT2D eigenvalue weighted by Gasteiger charge is 2.30. The van der Waals surface area contributed by atoms with Gasteiger partial charge in [-0.05, 0) is 37.3 Å². The van der Waals surface area contributed by atoms with Crippen molar-refractivity contribution in [2.45, 2.75) is 39.8 Å². The molecule has 1 heterocycles. The van der Waals surface area contributed by atoms with Crippen molar-refractivity contribution in [2.75, 3.05) is 0 Å². The van der Waals surface area contributed by atoms with Crippen LogP contribution >= 0.6 is 0 Å². The summed E-state index contributed by atoms with van der Waals surface area (Å²) in [6.45, 7) is 6.77. The predicted octanol–water partition coefficient (Wildman–Crippen LogP) is 2.77. The molecule has 2 aromatic rings. The third-order valence-electron chi connectivity index (χ3n) is 4.81. The highest BCUT2D eigenvalue weighted by Crippen LogP contribution is 2.36. The molecule has 0 spiro atoms. The van der Waals surface area contributed by atoms with Crippen LogP contribution in [0.2, 0.25) is 0 Å². The standard InChI is InChI=1S/C18H24N4O/c1-11-5-6-14-8-12(2)17(16(14)7-11)21-18(23)19-9-15-10-20-22(4)13(15)3/h5-7,10,12,17H,8-9H2,1-4H3,(H2,19,21,23)/t12-,17+/m0/s1. The molecule has 1 aliphatic carbocycles. The molecule has 0 bridgehead atoms. The van der Waals surface area contributed by atoms with Gasteiger partial charge < -0.3 is 10.6 Å². The van der Waals surface area contributed by atoms with Crippen molar-refractivity contribution < 1.29 is 4.79 Å². The number of hydrogen-bond acceptors (Lipinski definition) is 2. The van der Waals surface area contributed by atoms with E-state index in [9.17, 15) is 4.79 Å². The van der Waals surface area contributed by atoms with E-state index in [1.165, 1.54) is 16.7 Å². The Morgan fingerprint density at radius 2 is 2.17 bits per heavy atom. The van der Waals surface area contributed by atoms with Crippen LogP contribution in [0.5, 0.6) is 0 Å². The molecule has 1 aromatic carbocycles. The number of hydrogen-bond donors (Lipinski definition) is 2. The molecule has 0 saturated heterocycles. The van der Waals surface area contributed by atoms with Crippen molar-refractivity contribution in [1.82, 2.24) is 20.4 Å². The van der Waals surface area contributed by atoms with Gasteiger partial charge in [-0.15, -0.1) is 0 Å². The summed E-state index contributed by atoms with van der Waals surface area (Å²) < 4.78 is 1.81. The van der Waals surface area contributed by atoms with Gasteiger partial charge in [0, 0.05) is 24.8 Å². The van der Waals surface area contributed by atoms with E-state index < -0.39 is 0 Å². The van der Waals surface area contributed by atoms with Crippen molar-refractivity contribution in [2.24, 2.45) is 13.0 Å². The molecular formula is C18H24N4O. The van der Waals surface area contributed by atoms with Gasteiger partial charge in [0.05, 0.1) is 12.2 Å². The molecule has 0 fully saturated rings. The SMILES string of the molecule is Cc1ccc2c(c1)[C@H](NC(=O)NCc1cnn(C)c1C)[C@@H](C)C2. The topological polar surface area (TPSA) is 59.0 Å². The van der Waals surface area contributed by atoms with Crippen LogP contribution in [0.25, 0.3) is 0 Å². The Balaban J connectivity index is 1.64. The van der Waals surface area contributed by atoms with Gasteiger partial charge in [-0.2, -0.15) is 5.10 Å². The minimum atomic E-state index is -0.126. The molecule has 2 amide bonds. The Hall–Kier alpha value is -2.30. The normalized spacial score (nSPS) is 19.5. The average molecular weight is 312 g/mol. The van der Waals surface area contributed by atoms with E-state index in [-0.39, 0.29) is 12.1 Å². The van der Waals surface area contributed by atoms with Crippen LogP contribution in [0.1, 0.15) is 40.9 Å². The summed E-state index contributed by atoms with van der Waals surface area (Å²) in [5.41, 5.74) is 5.94. The second-order valence-electron chi connectivity index (χ2n) is 6.57. The first-order chi connectivity index (χ1) is 11.0. The van der Waals surface area contributed by atoms with E-state index in [2.05, 4.69) is 47.8 Å². The van der Waals surface area contributed by atoms with Gasteiger partial charge in [0.15, 0.2) is 0 Å². The van der Waals surface area contributed by atoms with Gasteiger partial charge in [-0.1, -0.05) is 30.7 Å². The number of amides is 2. The van der Waals surface area contributed by atoms with Crippen LogP contribution in [0.3, 0.4) is 0 Å². The summed E-state index contributed by atoms with van der Waals surface area (Å²) in [6, 6.07) is 6.47. The van der Waals surface area contributed by atoms with Crippen molar-refractivity contribution in [3.63, 3.8) is 0 Å². The summed E-state index contributed by atoms with van der Waals surface area (Å²) in [4.78, 5) is 12.3. The van der Waals surface area contributed by atoms with E-state index >= 15 is 0 Å². The maximum Gasteiger partial charge on any atom is 0.315 e. The van der Waals surface area contributed by atoms with Gasteiger partial charge >= 0.3 is 6.03 Å². The van der Waals surface area contributed by atoms with E-state index in [1.807, 2.05) is 18.7 Å². The van der Waals surface area contributed by atoms with Crippen LogP contribution in [0.4, 0.5) is 4.79 Å². The van der Waals surface area contributed by atoms with Crippen LogP contribution < -0.4 is 10.6 Å². The number of urea groups is 1. The van der Waals surface area contributed by atoms with E-state index in [4.69, 9.17) is 0 Å². The lowest BCUT2D eigenvalue weighted by atomic mass is 10.0. The monoisotopic (exact) mass is 312 g/mol. The highest BCUT2D eigenvalue weighted by atomic mass is 16.2. The smallest absolute Gasteiger partial charge is 0.315 e. The second kappa shape index (κ2) is 6.07. The maximum absolute atomic E-state index is 12.3. The summed E-state index contributed by atoms with van der Waals surface area (Å²) >= 11 is 0. The van der Waals surface area contributed by atoms with Crippen LogP contribution in [0.15, 0.2) is 24.4 Å². The fourth-order valence-corrected chi connectivity index (χ4v) is 3.27. The quantitative estimate of drug-likeness (QED) is 0.915. The lowest BCUT2D eigenvalue weighted by Gasteiger charge is -2.19. The lowest BCUT2D eigenvalue weighted by molar-refractivity contribution is 0.233. The number of fused-ring (bicyclic) bond motifs is 1. The molecule has 2 atom stereocenters. The first-order valence-electron chi connectivity index (χ1n) is 8.07. The largest absolute Gasteiger partial charge is 0.334 e. The number of benzene rings is 1. The molecule has 2 N–H and O–H groups in total. The zero-order chi connectivity index (χ0) is 16.6. The van der Waals surface area contributed by atoms with Gasteiger partial charge in [-0.3, -0.25) is 4.68 Å². The minimum Gasteiger partial charge on any atom is -0.334 e. The summed E-state index contributed by atoms with van der Waals surface area (Å²) in [5, 5.41) is 10.3. The number of aryl methyl sites for hydroxylation is 2. The second-order valence-corrected chi connectivity index (χ2v) is 6.57. The zero-order valence-electron chi connectivity index (χ0n) is 14.2. The highest BCUT2D eigenvalue weighted by molar-refractivity contribution is 5.74. The Labute approximate surface area is 137 Å². The van der Waals surface area contributed by atoms with Crippen molar-refractivity contribution in [3.8, 4) is 0 Å². The van der Waals surface area contributed by atoms with E-state index in [0.717, 1.165) is 17.7 Å². The molecule has 0 saturated carbocycles. The molecule has 1 aromatic heterocycles. The van der Waals surface area contributed by atoms with Crippen LogP contribution in [-0.2, 0) is 20.0 Å². The molecule has 0 unspecified atom stereocenters. The number of aromatic nitrogens is 2. The zero-order valence-corrected chi connectivity index (χ0v) is 14.2. The number of carbonyl (C=O) groups excluding carboxylic acids is 1. The predicted molar refractivity (Wildman–Crippen MR) is 90.1 cm³/mol. The van der Waals surface area contributed by atoms with Gasteiger partial charge in [0.1, 0.15) is 0 Å². The molecule has 5 heteroatoms. The fraction of sp³-hybridized carbons (Fsp3) is 0.444. The molecule has 122 valence electrons. The summed E-state index contributed by atoms with van der Waals surface area (Å²) in [7, 11) is 1.90. The first kappa shape index (κ1) is 15.6. The van der Waals surface area contributed by atoms with E-state index in [1.54, 1.807) is 6.20 Å². The molecule has 3 rings (SSSR count). The molecule has 0 aliphatic heterocycles. The Bertz CT molecular complexity index is 735. The number of nitrogens with one attached hydrogen (secondary N) is 2. The summed E-state index contributed by atoms with van der Waals surface area (Å²) in [5.74, 6) is 0.415. The molecule has 23 heavy (non-hydrogen) atoms. The fourth-order valence-electron chi connectivity index (χ4n) is 3.27. The van der Waals surface area contributed by atoms with E-state index in [0.29, 0.717) is 12.5 Å². The molecule has 0 radical (unpaired) electrons. The van der Waals surface area contributed by atoms with Gasteiger partial charge in [0.25, 0.3) is 0 Å². The molecule has 5 nitrogen and oxygen atoms in total. The average Bonchev–Trinajstić information content (AvgIpc) is 2.99. The lowest BCUT2D eigenvalue weighted by Crippen LogP contribution is -2.38. The van der Waals surface area contributed by atoms with Crippen LogP contribution in [0, 0.1) is 19.8 Å². The van der Waals surface area contributed by atoms with Gasteiger partial charge in [-0.25, -0.2) is 4.79 Å². The van der Waals surface area contributed by atoms with Crippen molar-refractivity contribution in [3.05, 3.63) is 52.3 Å². The minimum absolute atomic E-state index is 0.0832. The van der Waals surface area contributed by atoms with Gasteiger partial charge in [0.2, 0.25) is 0 Å². The number of nitrogens with zero attached hydrogens (tertiary/aromatic N) is 2. The Kier molecular flexibility index (Phi) is 4.11. The number of rotatable bonds is 3. The maximum atomic E-state index is 12.3. The number of carbonyl (C=O) groups is 1. The Morgan fingerprint density at radius 3 is 2.87 bits per heavy atom. The molecule has 1 aliphatic rings. The summed E-state index contributed by atoms with van der Waals surface area (Å²) in [6.07, 6.45) is 2.81.